The molecule has 0 saturated heterocycles. The van der Waals surface area contributed by atoms with Gasteiger partial charge in [-0.2, -0.15) is 0 Å². The predicted molar refractivity (Wildman–Crippen MR) is 139 cm³/mol. The molecule has 1 aliphatic heterocycles. The van der Waals surface area contributed by atoms with Crippen LogP contribution in [0.4, 0.5) is 17.1 Å². The van der Waals surface area contributed by atoms with E-state index < -0.39 is 0 Å². The van der Waals surface area contributed by atoms with Gasteiger partial charge in [-0.15, -0.1) is 0 Å². The first-order chi connectivity index (χ1) is 16.4. The average molecular weight is 457 g/mol. The molecule has 6 nitrogen and oxygen atoms in total. The zero-order chi connectivity index (χ0) is 24.2. The molecule has 0 radical (unpaired) electrons. The van der Waals surface area contributed by atoms with Crippen molar-refractivity contribution in [3.63, 3.8) is 0 Å². The summed E-state index contributed by atoms with van der Waals surface area (Å²) >= 11 is 0. The number of para-hydroxylation sites is 2. The molecule has 4 rings (SSSR count). The van der Waals surface area contributed by atoms with Crippen LogP contribution in [0.1, 0.15) is 45.2 Å². The van der Waals surface area contributed by atoms with Crippen molar-refractivity contribution in [1.82, 2.24) is 4.90 Å². The zero-order valence-corrected chi connectivity index (χ0v) is 20.3. The Bertz CT molecular complexity index is 1170. The molecule has 0 saturated carbocycles. The number of carbonyl (C=O) groups excluding carboxylic acids is 2. The van der Waals surface area contributed by atoms with E-state index >= 15 is 0 Å². The minimum atomic E-state index is -0.181. The van der Waals surface area contributed by atoms with Gasteiger partial charge in [0.25, 0.3) is 11.8 Å². The maximum absolute atomic E-state index is 13.5. The number of hydrogen-bond acceptors (Lipinski definition) is 4. The predicted octanol–water partition coefficient (Wildman–Crippen LogP) is 5.05. The number of rotatable bonds is 5. The van der Waals surface area contributed by atoms with Gasteiger partial charge in [-0.1, -0.05) is 30.3 Å². The van der Waals surface area contributed by atoms with Crippen molar-refractivity contribution >= 4 is 28.9 Å². The van der Waals surface area contributed by atoms with Crippen LogP contribution in [0.2, 0.25) is 0 Å². The summed E-state index contributed by atoms with van der Waals surface area (Å²) in [5.74, 6) is -0.206. The highest BCUT2D eigenvalue weighted by Crippen LogP contribution is 2.36. The number of benzene rings is 3. The van der Waals surface area contributed by atoms with E-state index in [9.17, 15) is 9.59 Å². The first kappa shape index (κ1) is 23.5. The van der Waals surface area contributed by atoms with Gasteiger partial charge in [0, 0.05) is 49.3 Å². The Morgan fingerprint density at radius 2 is 1.56 bits per heavy atom. The summed E-state index contributed by atoms with van der Waals surface area (Å²) in [5, 5.41) is 2.95. The summed E-state index contributed by atoms with van der Waals surface area (Å²) in [6, 6.07) is 23.1. The second-order valence-corrected chi connectivity index (χ2v) is 9.08. The van der Waals surface area contributed by atoms with Crippen LogP contribution in [-0.4, -0.2) is 51.4 Å². The highest BCUT2D eigenvalue weighted by molar-refractivity contribution is 6.09. The largest absolute Gasteiger partial charge is 0.377 e. The lowest BCUT2D eigenvalue weighted by molar-refractivity contribution is 0.0985. The molecule has 2 amide bonds. The Labute approximate surface area is 201 Å². The van der Waals surface area contributed by atoms with E-state index in [1.165, 1.54) is 5.56 Å². The number of carbonyl (C=O) groups is 2. The van der Waals surface area contributed by atoms with Gasteiger partial charge >= 0.3 is 0 Å². The summed E-state index contributed by atoms with van der Waals surface area (Å²) in [6.07, 6.45) is 1.94. The highest BCUT2D eigenvalue weighted by atomic mass is 16.2. The fraction of sp³-hybridized carbons (Fsp3) is 0.286. The van der Waals surface area contributed by atoms with Crippen molar-refractivity contribution in [3.05, 3.63) is 89.5 Å². The molecule has 1 N–H and O–H groups in total. The van der Waals surface area contributed by atoms with E-state index in [0.29, 0.717) is 23.4 Å². The van der Waals surface area contributed by atoms with Crippen LogP contribution < -0.4 is 15.1 Å². The summed E-state index contributed by atoms with van der Waals surface area (Å²) < 4.78 is 0. The normalized spacial score (nSPS) is 15.4. The van der Waals surface area contributed by atoms with Gasteiger partial charge in [-0.05, 0) is 75.0 Å². The number of fused-ring (bicyclic) bond motifs is 1. The number of hydrogen-bond donors (Lipinski definition) is 1. The van der Waals surface area contributed by atoms with Crippen LogP contribution in [0, 0.1) is 0 Å². The smallest absolute Gasteiger partial charge is 0.258 e. The van der Waals surface area contributed by atoms with Gasteiger partial charge < -0.3 is 20.0 Å². The lowest BCUT2D eigenvalue weighted by atomic mass is 10.0. The molecule has 3 aromatic carbocycles. The molecule has 0 fully saturated rings. The summed E-state index contributed by atoms with van der Waals surface area (Å²) in [7, 11) is 7.99. The maximum atomic E-state index is 13.5. The Morgan fingerprint density at radius 1 is 0.882 bits per heavy atom. The fourth-order valence-corrected chi connectivity index (χ4v) is 4.59. The number of amides is 2. The quantitative estimate of drug-likeness (QED) is 0.584. The third kappa shape index (κ3) is 4.82. The first-order valence-corrected chi connectivity index (χ1v) is 11.6. The Morgan fingerprint density at radius 3 is 2.26 bits per heavy atom. The van der Waals surface area contributed by atoms with Crippen LogP contribution >= 0.6 is 0 Å². The third-order valence-corrected chi connectivity index (χ3v) is 6.33. The van der Waals surface area contributed by atoms with E-state index in [2.05, 4.69) is 30.4 Å². The van der Waals surface area contributed by atoms with Crippen LogP contribution in [0.5, 0.6) is 0 Å². The van der Waals surface area contributed by atoms with Gasteiger partial charge in [0.2, 0.25) is 0 Å². The van der Waals surface area contributed by atoms with Crippen LogP contribution in [0.3, 0.4) is 0 Å². The molecule has 0 bridgehead atoms. The van der Waals surface area contributed by atoms with E-state index in [1.807, 2.05) is 60.3 Å². The second-order valence-electron chi connectivity index (χ2n) is 9.08. The summed E-state index contributed by atoms with van der Waals surface area (Å²) in [4.78, 5) is 32.4. The van der Waals surface area contributed by atoms with E-state index in [4.69, 9.17) is 0 Å². The number of nitrogens with zero attached hydrogens (tertiary/aromatic N) is 3. The van der Waals surface area contributed by atoms with Crippen molar-refractivity contribution in [1.29, 1.82) is 0 Å². The number of anilines is 3. The van der Waals surface area contributed by atoms with E-state index in [0.717, 1.165) is 24.2 Å². The molecular formula is C28H32N4O2. The summed E-state index contributed by atoms with van der Waals surface area (Å²) in [6.45, 7) is 0.681. The van der Waals surface area contributed by atoms with Crippen LogP contribution in [-0.2, 0) is 0 Å². The molecule has 3 aromatic rings. The standard InChI is InChI=1S/C28H32N4O2/c1-30(2)24-14-9-19-32(26-13-8-5-10-22(24)26)28(34)20-15-17-21(18-16-20)29-27(33)23-11-6-7-12-25(23)31(3)4/h5-8,10-13,15-18,24H,9,14,19H2,1-4H3,(H,29,33). The van der Waals surface area contributed by atoms with Gasteiger partial charge in [0.05, 0.1) is 5.56 Å². The Hall–Kier alpha value is -3.64. The Balaban J connectivity index is 1.54. The first-order valence-electron chi connectivity index (χ1n) is 11.6. The monoisotopic (exact) mass is 456 g/mol. The topological polar surface area (TPSA) is 55.9 Å². The second kappa shape index (κ2) is 10.1. The molecule has 1 heterocycles. The van der Waals surface area contributed by atoms with Crippen molar-refractivity contribution in [2.24, 2.45) is 0 Å². The molecule has 34 heavy (non-hydrogen) atoms. The fourth-order valence-electron chi connectivity index (χ4n) is 4.59. The molecular weight excluding hydrogens is 424 g/mol. The Kier molecular flexibility index (Phi) is 6.98. The van der Waals surface area contributed by atoms with E-state index in [1.54, 1.807) is 30.3 Å². The lowest BCUT2D eigenvalue weighted by Gasteiger charge is -2.27. The lowest BCUT2D eigenvalue weighted by Crippen LogP contribution is -2.31. The molecule has 176 valence electrons. The van der Waals surface area contributed by atoms with Crippen LogP contribution in [0.25, 0.3) is 0 Å². The average Bonchev–Trinajstić information content (AvgIpc) is 3.04. The SMILES string of the molecule is CN(C)c1ccccc1C(=O)Nc1ccc(C(=O)N2CCCC(N(C)C)c3ccccc32)cc1. The van der Waals surface area contributed by atoms with Crippen molar-refractivity contribution in [2.75, 3.05) is 49.9 Å². The minimum absolute atomic E-state index is 0.0253. The highest BCUT2D eigenvalue weighted by Gasteiger charge is 2.27. The van der Waals surface area contributed by atoms with Gasteiger partial charge in [0.1, 0.15) is 0 Å². The van der Waals surface area contributed by atoms with Crippen LogP contribution in [0.15, 0.2) is 72.8 Å². The maximum Gasteiger partial charge on any atom is 0.258 e. The molecule has 6 heteroatoms. The molecule has 0 aliphatic carbocycles. The molecule has 0 aromatic heterocycles. The van der Waals surface area contributed by atoms with Gasteiger partial charge in [-0.25, -0.2) is 0 Å². The minimum Gasteiger partial charge on any atom is -0.377 e. The molecule has 0 spiro atoms. The third-order valence-electron chi connectivity index (χ3n) is 6.33. The number of nitrogens with one attached hydrogen (secondary N) is 1. The summed E-state index contributed by atoms with van der Waals surface area (Å²) in [5.41, 5.74) is 4.86. The van der Waals surface area contributed by atoms with Gasteiger partial charge in [-0.3, -0.25) is 9.59 Å². The van der Waals surface area contributed by atoms with E-state index in [-0.39, 0.29) is 17.9 Å². The molecule has 1 aliphatic rings. The van der Waals surface area contributed by atoms with Crippen molar-refractivity contribution in [3.8, 4) is 0 Å². The molecule has 1 atom stereocenters. The molecule has 1 unspecified atom stereocenters. The van der Waals surface area contributed by atoms with Crippen molar-refractivity contribution in [2.45, 2.75) is 18.9 Å². The van der Waals surface area contributed by atoms with Crippen molar-refractivity contribution < 1.29 is 9.59 Å². The zero-order valence-electron chi connectivity index (χ0n) is 20.3. The van der Waals surface area contributed by atoms with Gasteiger partial charge in [0.15, 0.2) is 0 Å².